The number of alkyl halides is 1. The summed E-state index contributed by atoms with van der Waals surface area (Å²) in [7, 11) is -1.46. The Balaban J connectivity index is 3.17. The second-order valence-corrected chi connectivity index (χ2v) is 5.70. The lowest BCUT2D eigenvalue weighted by Gasteiger charge is -1.86. The molecule has 2 heteroatoms. The van der Waals surface area contributed by atoms with Gasteiger partial charge in [-0.3, -0.25) is 0 Å². The van der Waals surface area contributed by atoms with Crippen LogP contribution in [-0.4, -0.2) is 14.9 Å². The number of rotatable bonds is 1. The largest absolute Gasteiger partial charge is 0.0965 e. The highest BCUT2D eigenvalue weighted by atomic mass is 79.9. The van der Waals surface area contributed by atoms with Gasteiger partial charge in [0.05, 0.1) is 0 Å². The van der Waals surface area contributed by atoms with Gasteiger partial charge in [0.1, 0.15) is 0 Å². The summed E-state index contributed by atoms with van der Waals surface area (Å²) in [6.45, 7) is 4.00. The van der Waals surface area contributed by atoms with Crippen molar-refractivity contribution < 1.29 is 0 Å². The summed E-state index contributed by atoms with van der Waals surface area (Å²) in [5, 5.41) is 0. The van der Waals surface area contributed by atoms with Gasteiger partial charge >= 0.3 is 0 Å². The zero-order valence-electron chi connectivity index (χ0n) is 4.59. The van der Waals surface area contributed by atoms with E-state index in [9.17, 15) is 0 Å². The van der Waals surface area contributed by atoms with Crippen LogP contribution in [-0.2, 0) is 0 Å². The van der Waals surface area contributed by atoms with Crippen molar-refractivity contribution in [1.82, 2.24) is 0 Å². The minimum atomic E-state index is -1.46. The fraction of sp³-hybridized carbons (Fsp3) is 1.00. The quantitative estimate of drug-likeness (QED) is 0.395. The van der Waals surface area contributed by atoms with E-state index >= 15 is 0 Å². The van der Waals surface area contributed by atoms with Crippen molar-refractivity contribution in [2.45, 2.75) is 13.1 Å². The lowest BCUT2D eigenvalue weighted by Crippen LogP contribution is -1.99. The summed E-state index contributed by atoms with van der Waals surface area (Å²) in [5.41, 5.74) is 0. The molecule has 32 valence electrons. The van der Waals surface area contributed by atoms with Crippen molar-refractivity contribution in [1.29, 1.82) is 1.23 Å². The topological polar surface area (TPSA) is 0 Å². The lowest BCUT2D eigenvalue weighted by atomic mass is 11.8. The molecule has 0 rings (SSSR count). The molecule has 0 aromatic heterocycles. The van der Waals surface area contributed by atoms with Crippen LogP contribution in [0.5, 0.6) is 0 Å². The van der Waals surface area contributed by atoms with Crippen molar-refractivity contribution >= 4 is 24.7 Å². The van der Waals surface area contributed by atoms with E-state index in [0.29, 0.717) is 0 Å². The number of hydrogen-bond donors (Lipinski definition) is 0. The minimum Gasteiger partial charge on any atom is -0.0965 e. The van der Waals surface area contributed by atoms with E-state index in [1.165, 1.54) is 0 Å². The Morgan fingerprint density at radius 3 is 2.20 bits per heavy atom. The van der Waals surface area contributed by atoms with Gasteiger partial charge in [0, 0.05) is 9.96 Å². The highest BCUT2D eigenvalue weighted by molar-refractivity contribution is 9.09. The average molecular weight is 154 g/mol. The number of halogens is 1. The van der Waals surface area contributed by atoms with E-state index in [1.807, 2.05) is 13.1 Å². The molecule has 0 aliphatic carbocycles. The highest BCUT2D eigenvalue weighted by Crippen LogP contribution is 1.83. The Bertz CT molecular complexity index is 40.5. The molecular weight excluding hydrogens is 144 g/mol. The third-order valence-electron chi connectivity index (χ3n) is 0.267. The first-order valence-corrected chi connectivity index (χ1v) is 5.45. The molecule has 0 nitrogen and oxygen atoms in total. The smallest absolute Gasteiger partial charge is 0.0426 e. The van der Waals surface area contributed by atoms with E-state index in [-0.39, 0.29) is 0 Å². The molecule has 0 saturated carbocycles. The van der Waals surface area contributed by atoms with E-state index in [0.717, 1.165) is 4.95 Å². The van der Waals surface area contributed by atoms with Gasteiger partial charge in [-0.05, 0) is 4.95 Å². The van der Waals surface area contributed by atoms with Gasteiger partial charge in [-0.15, -0.1) is 0 Å². The lowest BCUT2D eigenvalue weighted by molar-refractivity contribution is 1.89. The van der Waals surface area contributed by atoms with Crippen LogP contribution in [0.4, 0.5) is 0 Å². The molecule has 0 N–H and O–H groups in total. The Labute approximate surface area is 44.5 Å². The molecule has 0 aromatic rings. The maximum Gasteiger partial charge on any atom is 0.0426 e. The summed E-state index contributed by atoms with van der Waals surface area (Å²) in [4.78, 5) is 0.889. The second-order valence-electron chi connectivity index (χ2n) is 1.34. The molecule has 0 unspecified atom stereocenters. The van der Waals surface area contributed by atoms with Gasteiger partial charge in [0.25, 0.3) is 0 Å². The monoisotopic (exact) mass is 153 g/mol. The van der Waals surface area contributed by atoms with E-state index in [1.54, 1.807) is 0 Å². The van der Waals surface area contributed by atoms with Crippen molar-refractivity contribution in [3.63, 3.8) is 0 Å². The predicted molar refractivity (Wildman–Crippen MR) is 32.7 cm³/mol. The van der Waals surface area contributed by atoms with Crippen LogP contribution in [0, 0.1) is 0 Å². The second kappa shape index (κ2) is 2.91. The van der Waals surface area contributed by atoms with Crippen LogP contribution in [0.1, 0.15) is 0 Å². The fourth-order valence-electron chi connectivity index (χ4n) is 0. The first-order valence-electron chi connectivity index (χ1n) is 2.12. The summed E-state index contributed by atoms with van der Waals surface area (Å²) in [6, 6.07) is 0. The molecule has 0 heterocycles. The third kappa shape index (κ3) is 4.70. The van der Waals surface area contributed by atoms with Gasteiger partial charge in [-0.25, -0.2) is 0 Å². The zero-order valence-corrected chi connectivity index (χ0v) is 6.17. The standard InChI is InChI=1S/C3H9BrSi/c1-5(2)3-4/h5H,3H2,1-2H3/i5D. The maximum atomic E-state index is 7.27. The number of hydrogen-bond acceptors (Lipinski definition) is 0. The Kier molecular flexibility index (Phi) is 2.25. The predicted octanol–water partition coefficient (Wildman–Crippen LogP) is 1.41. The molecule has 0 aliphatic heterocycles. The molecule has 5 heavy (non-hydrogen) atoms. The van der Waals surface area contributed by atoms with Crippen LogP contribution in [0.3, 0.4) is 0 Å². The van der Waals surface area contributed by atoms with Crippen molar-refractivity contribution in [2.24, 2.45) is 0 Å². The van der Waals surface area contributed by atoms with Crippen molar-refractivity contribution in [2.75, 3.05) is 4.95 Å². The van der Waals surface area contributed by atoms with Crippen LogP contribution in [0.15, 0.2) is 0 Å². The first-order chi connectivity index (χ1) is 2.56. The fourth-order valence-corrected chi connectivity index (χ4v) is 0. The molecule has 0 radical (unpaired) electrons. The van der Waals surface area contributed by atoms with Crippen molar-refractivity contribution in [3.05, 3.63) is 0 Å². The summed E-state index contributed by atoms with van der Waals surface area (Å²) >= 11 is 3.24. The molecule has 0 aliphatic rings. The van der Waals surface area contributed by atoms with Gasteiger partial charge in [-0.2, -0.15) is 0 Å². The molecular formula is C3H9BrSi. The molecule has 0 fully saturated rings. The molecule has 0 aromatic carbocycles. The van der Waals surface area contributed by atoms with Crippen LogP contribution in [0.25, 0.3) is 0 Å². The van der Waals surface area contributed by atoms with Crippen molar-refractivity contribution in [3.8, 4) is 0 Å². The Hall–Kier alpha value is 0.697. The Morgan fingerprint density at radius 2 is 2.20 bits per heavy atom. The molecule has 0 saturated heterocycles. The van der Waals surface area contributed by atoms with E-state index in [2.05, 4.69) is 15.9 Å². The molecule has 0 spiro atoms. The third-order valence-corrected chi connectivity index (χ3v) is 4.17. The van der Waals surface area contributed by atoms with Crippen LogP contribution in [0.2, 0.25) is 13.1 Å². The van der Waals surface area contributed by atoms with Gasteiger partial charge in [0.15, 0.2) is 0 Å². The molecule has 0 atom stereocenters. The minimum absolute atomic E-state index is 0.889. The average Bonchev–Trinajstić information content (AvgIpc) is 1.35. The first kappa shape index (κ1) is 3.87. The summed E-state index contributed by atoms with van der Waals surface area (Å²) < 4.78 is 7.27. The van der Waals surface area contributed by atoms with E-state index < -0.39 is 8.73 Å². The summed E-state index contributed by atoms with van der Waals surface area (Å²) in [5.74, 6) is 0. The van der Waals surface area contributed by atoms with Crippen LogP contribution < -0.4 is 0 Å². The SMILES string of the molecule is [2H][Si](C)(C)CBr. The summed E-state index contributed by atoms with van der Waals surface area (Å²) in [6.07, 6.45) is 0. The van der Waals surface area contributed by atoms with Gasteiger partial charge < -0.3 is 0 Å². The Morgan fingerprint density at radius 1 is 2.00 bits per heavy atom. The maximum absolute atomic E-state index is 7.27. The highest BCUT2D eigenvalue weighted by Gasteiger charge is 1.84. The van der Waals surface area contributed by atoms with Crippen LogP contribution >= 0.6 is 15.9 Å². The zero-order chi connectivity index (χ0) is 5.21. The molecule has 0 bridgehead atoms. The molecule has 0 amide bonds. The van der Waals surface area contributed by atoms with Gasteiger partial charge in [-0.1, -0.05) is 29.0 Å². The van der Waals surface area contributed by atoms with E-state index in [4.69, 9.17) is 1.23 Å². The normalized spacial score (nSPS) is 14.6. The van der Waals surface area contributed by atoms with Gasteiger partial charge in [0.2, 0.25) is 0 Å².